The fourth-order valence-electron chi connectivity index (χ4n) is 1.98. The third-order valence-corrected chi connectivity index (χ3v) is 2.83. The molecule has 2 N–H and O–H groups in total. The average Bonchev–Trinajstić information content (AvgIpc) is 2.38. The zero-order valence-electron chi connectivity index (χ0n) is 9.18. The van der Waals surface area contributed by atoms with Crippen molar-refractivity contribution in [3.8, 4) is 0 Å². The molecule has 0 aliphatic rings. The van der Waals surface area contributed by atoms with Gasteiger partial charge in [-0.2, -0.15) is 0 Å². The lowest BCUT2D eigenvalue weighted by Crippen LogP contribution is -2.08. The maximum atomic E-state index is 11.8. The number of pyridine rings is 2. The Morgan fingerprint density at radius 1 is 1.17 bits per heavy atom. The van der Waals surface area contributed by atoms with E-state index < -0.39 is 5.97 Å². The zero-order valence-corrected chi connectivity index (χ0v) is 9.18. The van der Waals surface area contributed by atoms with E-state index >= 15 is 0 Å². The minimum Gasteiger partial charge on any atom is -0.478 e. The Labute approximate surface area is 101 Å². The molecule has 18 heavy (non-hydrogen) atoms. The lowest BCUT2D eigenvalue weighted by Gasteiger charge is -2.03. The van der Waals surface area contributed by atoms with Gasteiger partial charge in [0.05, 0.1) is 5.56 Å². The van der Waals surface area contributed by atoms with E-state index in [1.807, 2.05) is 0 Å². The van der Waals surface area contributed by atoms with E-state index in [0.29, 0.717) is 21.8 Å². The third-order valence-electron chi connectivity index (χ3n) is 2.83. The number of hydrogen-bond acceptors (Lipinski definition) is 3. The summed E-state index contributed by atoms with van der Waals surface area (Å²) in [6, 6.07) is 8.55. The van der Waals surface area contributed by atoms with Gasteiger partial charge in [-0.3, -0.25) is 4.79 Å². The minimum absolute atomic E-state index is 0.0969. The number of carbonyl (C=O) groups is 1. The maximum absolute atomic E-state index is 11.8. The highest BCUT2D eigenvalue weighted by atomic mass is 16.4. The second kappa shape index (κ2) is 3.66. The van der Waals surface area contributed by atoms with Crippen molar-refractivity contribution in [2.45, 2.75) is 0 Å². The molecule has 0 fully saturated rings. The minimum atomic E-state index is -1.04. The van der Waals surface area contributed by atoms with Gasteiger partial charge in [-0.05, 0) is 17.5 Å². The Morgan fingerprint density at radius 3 is 2.61 bits per heavy atom. The van der Waals surface area contributed by atoms with Crippen LogP contribution in [0.5, 0.6) is 0 Å². The van der Waals surface area contributed by atoms with Crippen LogP contribution in [-0.4, -0.2) is 21.0 Å². The van der Waals surface area contributed by atoms with Crippen LogP contribution in [0.1, 0.15) is 10.4 Å². The molecule has 0 unspecified atom stereocenters. The highest BCUT2D eigenvalue weighted by Crippen LogP contribution is 2.20. The van der Waals surface area contributed by atoms with Crippen LogP contribution in [0, 0.1) is 0 Å². The summed E-state index contributed by atoms with van der Waals surface area (Å²) in [6.07, 6.45) is 1.23. The maximum Gasteiger partial charge on any atom is 0.337 e. The molecule has 5 nitrogen and oxygen atoms in total. The highest BCUT2D eigenvalue weighted by molar-refractivity contribution is 6.06. The van der Waals surface area contributed by atoms with Crippen LogP contribution in [0.15, 0.2) is 41.3 Å². The van der Waals surface area contributed by atoms with Crippen molar-refractivity contribution in [1.82, 2.24) is 9.97 Å². The number of fused-ring (bicyclic) bond motifs is 3. The van der Waals surface area contributed by atoms with Gasteiger partial charge in [0.1, 0.15) is 5.65 Å². The van der Waals surface area contributed by atoms with E-state index in [2.05, 4.69) is 9.97 Å². The quantitative estimate of drug-likeness (QED) is 0.635. The summed E-state index contributed by atoms with van der Waals surface area (Å²) >= 11 is 0. The Morgan fingerprint density at radius 2 is 1.89 bits per heavy atom. The first kappa shape index (κ1) is 10.5. The molecule has 2 heterocycles. The number of aromatic carboxylic acids is 1. The normalized spacial score (nSPS) is 10.9. The van der Waals surface area contributed by atoms with Crippen LogP contribution in [0.4, 0.5) is 0 Å². The van der Waals surface area contributed by atoms with Crippen molar-refractivity contribution in [2.75, 3.05) is 0 Å². The van der Waals surface area contributed by atoms with Crippen LogP contribution < -0.4 is 5.56 Å². The SMILES string of the molecule is O=C(O)c1cnc2[nH]c(=O)c3ccccc3c2c1. The molecule has 0 aliphatic carbocycles. The summed E-state index contributed by atoms with van der Waals surface area (Å²) < 4.78 is 0. The molecule has 3 aromatic rings. The largest absolute Gasteiger partial charge is 0.478 e. The van der Waals surface area contributed by atoms with Gasteiger partial charge in [0.25, 0.3) is 5.56 Å². The Hall–Kier alpha value is -2.69. The second-order valence-corrected chi connectivity index (χ2v) is 3.93. The molecule has 0 aliphatic heterocycles. The number of H-pyrrole nitrogens is 1. The molecule has 0 bridgehead atoms. The van der Waals surface area contributed by atoms with E-state index in [1.54, 1.807) is 24.3 Å². The van der Waals surface area contributed by atoms with Crippen molar-refractivity contribution in [1.29, 1.82) is 0 Å². The monoisotopic (exact) mass is 240 g/mol. The molecule has 88 valence electrons. The van der Waals surface area contributed by atoms with Crippen LogP contribution in [0.3, 0.4) is 0 Å². The third kappa shape index (κ3) is 1.45. The molecule has 0 atom stereocenters. The van der Waals surface area contributed by atoms with E-state index in [9.17, 15) is 9.59 Å². The molecule has 0 radical (unpaired) electrons. The number of carboxylic acids is 1. The van der Waals surface area contributed by atoms with Crippen LogP contribution >= 0.6 is 0 Å². The van der Waals surface area contributed by atoms with Gasteiger partial charge >= 0.3 is 5.97 Å². The summed E-state index contributed by atoms with van der Waals surface area (Å²) in [5.74, 6) is -1.04. The van der Waals surface area contributed by atoms with Gasteiger partial charge < -0.3 is 10.1 Å². The number of aromatic amines is 1. The Bertz CT molecular complexity index is 836. The standard InChI is InChI=1S/C13H8N2O3/c16-12-9-4-2-1-3-8(9)10-5-7(13(17)18)6-14-11(10)15-12/h1-6H,(H,17,18)(H,14,15,16). The predicted octanol–water partition coefficient (Wildman–Crippen LogP) is 1.77. The summed E-state index contributed by atoms with van der Waals surface area (Å²) in [5, 5.41) is 10.8. The molecule has 0 spiro atoms. The van der Waals surface area contributed by atoms with E-state index in [-0.39, 0.29) is 11.1 Å². The molecule has 2 aromatic heterocycles. The number of hydrogen-bond donors (Lipinski definition) is 2. The number of nitrogens with zero attached hydrogens (tertiary/aromatic N) is 1. The predicted molar refractivity (Wildman–Crippen MR) is 66.8 cm³/mol. The van der Waals surface area contributed by atoms with Crippen molar-refractivity contribution in [2.24, 2.45) is 0 Å². The smallest absolute Gasteiger partial charge is 0.337 e. The fourth-order valence-corrected chi connectivity index (χ4v) is 1.98. The number of aromatic nitrogens is 2. The zero-order chi connectivity index (χ0) is 12.7. The summed E-state index contributed by atoms with van der Waals surface area (Å²) in [6.45, 7) is 0. The molecular weight excluding hydrogens is 232 g/mol. The molecule has 1 aromatic carbocycles. The Balaban J connectivity index is 2.54. The van der Waals surface area contributed by atoms with Crippen LogP contribution in [0.2, 0.25) is 0 Å². The number of carboxylic acid groups (broad SMARTS) is 1. The molecule has 0 amide bonds. The summed E-state index contributed by atoms with van der Waals surface area (Å²) in [5.41, 5.74) is 0.261. The molecule has 3 rings (SSSR count). The van der Waals surface area contributed by atoms with Crippen molar-refractivity contribution in [3.05, 3.63) is 52.4 Å². The summed E-state index contributed by atoms with van der Waals surface area (Å²) in [7, 11) is 0. The van der Waals surface area contributed by atoms with Gasteiger partial charge in [0, 0.05) is 17.0 Å². The fraction of sp³-hybridized carbons (Fsp3) is 0. The van der Waals surface area contributed by atoms with Gasteiger partial charge in [-0.25, -0.2) is 9.78 Å². The first-order valence-corrected chi connectivity index (χ1v) is 5.31. The second-order valence-electron chi connectivity index (χ2n) is 3.93. The average molecular weight is 240 g/mol. The van der Waals surface area contributed by atoms with E-state index in [4.69, 9.17) is 5.11 Å². The van der Waals surface area contributed by atoms with E-state index in [1.165, 1.54) is 12.3 Å². The number of nitrogens with one attached hydrogen (secondary N) is 1. The van der Waals surface area contributed by atoms with Gasteiger partial charge in [0.15, 0.2) is 0 Å². The first-order valence-electron chi connectivity index (χ1n) is 5.31. The van der Waals surface area contributed by atoms with Crippen molar-refractivity contribution < 1.29 is 9.90 Å². The molecule has 0 saturated heterocycles. The van der Waals surface area contributed by atoms with Gasteiger partial charge in [0.2, 0.25) is 0 Å². The highest BCUT2D eigenvalue weighted by Gasteiger charge is 2.09. The number of benzene rings is 1. The molecule has 0 saturated carbocycles. The van der Waals surface area contributed by atoms with Crippen LogP contribution in [0.25, 0.3) is 21.8 Å². The topological polar surface area (TPSA) is 83.0 Å². The van der Waals surface area contributed by atoms with Gasteiger partial charge in [-0.15, -0.1) is 0 Å². The van der Waals surface area contributed by atoms with Crippen molar-refractivity contribution in [3.63, 3.8) is 0 Å². The number of rotatable bonds is 1. The van der Waals surface area contributed by atoms with E-state index in [0.717, 1.165) is 0 Å². The van der Waals surface area contributed by atoms with Gasteiger partial charge in [-0.1, -0.05) is 18.2 Å². The van der Waals surface area contributed by atoms with Crippen molar-refractivity contribution >= 4 is 27.8 Å². The lowest BCUT2D eigenvalue weighted by atomic mass is 10.1. The molecular formula is C13H8N2O3. The first-order chi connectivity index (χ1) is 8.66. The Kier molecular flexibility index (Phi) is 2.13. The lowest BCUT2D eigenvalue weighted by molar-refractivity contribution is 0.0696. The van der Waals surface area contributed by atoms with Crippen LogP contribution in [-0.2, 0) is 0 Å². The molecule has 5 heteroatoms. The summed E-state index contributed by atoms with van der Waals surface area (Å²) in [4.78, 5) is 29.4.